The number of aromatic hydroxyl groups is 1. The van der Waals surface area contributed by atoms with Gasteiger partial charge in [0.25, 0.3) is 0 Å². The maximum atomic E-state index is 9.85. The van der Waals surface area contributed by atoms with Gasteiger partial charge in [-0.15, -0.1) is 0 Å². The zero-order chi connectivity index (χ0) is 18.0. The van der Waals surface area contributed by atoms with Crippen LogP contribution in [-0.2, 0) is 6.42 Å². The second kappa shape index (κ2) is 7.38. The van der Waals surface area contributed by atoms with Crippen LogP contribution in [0, 0.1) is 6.92 Å². The first-order chi connectivity index (χ1) is 12.0. The van der Waals surface area contributed by atoms with E-state index in [0.717, 1.165) is 28.0 Å². The van der Waals surface area contributed by atoms with Crippen LogP contribution in [0.15, 0.2) is 54.6 Å². The molecular formula is C21H18Cl2O2. The molecule has 0 spiro atoms. The highest BCUT2D eigenvalue weighted by atomic mass is 35.5. The summed E-state index contributed by atoms with van der Waals surface area (Å²) < 4.78 is 5.50. The number of methoxy groups -OCH3 is 1. The zero-order valence-electron chi connectivity index (χ0n) is 14.0. The second-order valence-electron chi connectivity index (χ2n) is 5.87. The molecule has 0 unspecified atom stereocenters. The summed E-state index contributed by atoms with van der Waals surface area (Å²) in [5.41, 5.74) is 4.61. The molecule has 2 nitrogen and oxygen atoms in total. The van der Waals surface area contributed by atoms with E-state index in [2.05, 4.69) is 6.07 Å². The molecular weight excluding hydrogens is 355 g/mol. The third-order valence-corrected chi connectivity index (χ3v) is 5.11. The molecule has 4 heteroatoms. The van der Waals surface area contributed by atoms with Crippen molar-refractivity contribution in [2.45, 2.75) is 13.3 Å². The Balaban J connectivity index is 2.04. The molecule has 0 aromatic heterocycles. The molecule has 0 aliphatic heterocycles. The number of hydrogen-bond donors (Lipinski definition) is 1. The number of hydrogen-bond acceptors (Lipinski definition) is 2. The van der Waals surface area contributed by atoms with E-state index in [1.807, 2.05) is 42.5 Å². The predicted molar refractivity (Wildman–Crippen MR) is 104 cm³/mol. The third kappa shape index (κ3) is 3.60. The summed E-state index contributed by atoms with van der Waals surface area (Å²) in [5.74, 6) is 0.924. The highest BCUT2D eigenvalue weighted by molar-refractivity contribution is 6.36. The molecule has 0 bridgehead atoms. The first kappa shape index (κ1) is 17.7. The molecule has 3 aromatic rings. The normalized spacial score (nSPS) is 10.7. The van der Waals surface area contributed by atoms with Crippen molar-refractivity contribution >= 4 is 23.2 Å². The van der Waals surface area contributed by atoms with Crippen LogP contribution >= 0.6 is 23.2 Å². The summed E-state index contributed by atoms with van der Waals surface area (Å²) in [6, 6.07) is 17.7. The van der Waals surface area contributed by atoms with Gasteiger partial charge in [0.15, 0.2) is 0 Å². The fourth-order valence-electron chi connectivity index (χ4n) is 2.83. The average molecular weight is 373 g/mol. The van der Waals surface area contributed by atoms with Crippen molar-refractivity contribution in [3.63, 3.8) is 0 Å². The Morgan fingerprint density at radius 3 is 2.40 bits per heavy atom. The number of phenolic OH excluding ortho intramolecular Hbond substituents is 1. The summed E-state index contributed by atoms with van der Waals surface area (Å²) in [6.07, 6.45) is 0.572. The fraction of sp³-hybridized carbons (Fsp3) is 0.143. The van der Waals surface area contributed by atoms with Gasteiger partial charge in [0.1, 0.15) is 11.5 Å². The number of rotatable bonds is 4. The van der Waals surface area contributed by atoms with Gasteiger partial charge in [-0.1, -0.05) is 59.6 Å². The Kier molecular flexibility index (Phi) is 5.22. The molecule has 3 rings (SSSR count). The second-order valence-corrected chi connectivity index (χ2v) is 6.66. The third-order valence-electron chi connectivity index (χ3n) is 4.26. The van der Waals surface area contributed by atoms with E-state index in [1.165, 1.54) is 0 Å². The van der Waals surface area contributed by atoms with Crippen molar-refractivity contribution in [1.29, 1.82) is 0 Å². The van der Waals surface area contributed by atoms with E-state index in [0.29, 0.717) is 22.0 Å². The Bertz CT molecular complexity index is 906. The fourth-order valence-corrected chi connectivity index (χ4v) is 3.41. The van der Waals surface area contributed by atoms with Gasteiger partial charge < -0.3 is 9.84 Å². The largest absolute Gasteiger partial charge is 0.508 e. The highest BCUT2D eigenvalue weighted by Gasteiger charge is 2.14. The van der Waals surface area contributed by atoms with Crippen molar-refractivity contribution < 1.29 is 9.84 Å². The quantitative estimate of drug-likeness (QED) is 0.584. The van der Waals surface area contributed by atoms with Gasteiger partial charge in [0, 0.05) is 22.6 Å². The van der Waals surface area contributed by atoms with Crippen LogP contribution in [0.5, 0.6) is 11.5 Å². The molecule has 128 valence electrons. The monoisotopic (exact) mass is 372 g/mol. The number of ether oxygens (including phenoxy) is 1. The van der Waals surface area contributed by atoms with Gasteiger partial charge in [0.2, 0.25) is 0 Å². The number of phenols is 1. The zero-order valence-corrected chi connectivity index (χ0v) is 15.5. The number of benzene rings is 3. The van der Waals surface area contributed by atoms with Crippen LogP contribution in [0.2, 0.25) is 10.0 Å². The topological polar surface area (TPSA) is 29.5 Å². The molecule has 0 fully saturated rings. The standard InChI is InChI=1S/C21H18Cl2O2/c1-13-19(24)12-18(22)17(21(13)23)11-14-8-9-20(25-2)16(10-14)15-6-4-3-5-7-15/h3-10,12,24H,11H2,1-2H3. The van der Waals surface area contributed by atoms with Gasteiger partial charge >= 0.3 is 0 Å². The van der Waals surface area contributed by atoms with Crippen molar-refractivity contribution in [3.05, 3.63) is 81.3 Å². The van der Waals surface area contributed by atoms with E-state index in [-0.39, 0.29) is 5.75 Å². The minimum absolute atomic E-state index is 0.110. The van der Waals surface area contributed by atoms with E-state index in [9.17, 15) is 5.11 Å². The minimum Gasteiger partial charge on any atom is -0.508 e. The molecule has 0 aliphatic rings. The minimum atomic E-state index is 0.110. The van der Waals surface area contributed by atoms with E-state index >= 15 is 0 Å². The average Bonchev–Trinajstić information content (AvgIpc) is 2.64. The predicted octanol–water partition coefficient (Wildman–Crippen LogP) is 6.27. The molecule has 3 aromatic carbocycles. The maximum absolute atomic E-state index is 9.85. The van der Waals surface area contributed by atoms with Crippen LogP contribution in [0.25, 0.3) is 11.1 Å². The van der Waals surface area contributed by atoms with Crippen molar-refractivity contribution in [3.8, 4) is 22.6 Å². The molecule has 0 saturated carbocycles. The molecule has 0 saturated heterocycles. The van der Waals surface area contributed by atoms with Gasteiger partial charge in [-0.25, -0.2) is 0 Å². The summed E-state index contributed by atoms with van der Waals surface area (Å²) in [7, 11) is 1.67. The van der Waals surface area contributed by atoms with Crippen LogP contribution in [0.4, 0.5) is 0 Å². The van der Waals surface area contributed by atoms with Gasteiger partial charge in [-0.2, -0.15) is 0 Å². The lowest BCUT2D eigenvalue weighted by Crippen LogP contribution is -1.96. The Hall–Kier alpha value is -2.16. The Labute approximate surface area is 157 Å². The van der Waals surface area contributed by atoms with Gasteiger partial charge in [-0.05, 0) is 41.8 Å². The van der Waals surface area contributed by atoms with Crippen LogP contribution in [0.1, 0.15) is 16.7 Å². The molecule has 0 atom stereocenters. The first-order valence-electron chi connectivity index (χ1n) is 7.90. The lowest BCUT2D eigenvalue weighted by Gasteiger charge is -2.14. The smallest absolute Gasteiger partial charge is 0.126 e. The number of halogens is 2. The SMILES string of the molecule is COc1ccc(Cc2c(Cl)cc(O)c(C)c2Cl)cc1-c1ccccc1. The molecule has 1 N–H and O–H groups in total. The summed E-state index contributed by atoms with van der Waals surface area (Å²) in [4.78, 5) is 0. The van der Waals surface area contributed by atoms with E-state index in [1.54, 1.807) is 20.1 Å². The molecule has 0 amide bonds. The van der Waals surface area contributed by atoms with E-state index < -0.39 is 0 Å². The van der Waals surface area contributed by atoms with Crippen LogP contribution in [-0.4, -0.2) is 12.2 Å². The van der Waals surface area contributed by atoms with Gasteiger partial charge in [-0.3, -0.25) is 0 Å². The molecule has 0 heterocycles. The highest BCUT2D eigenvalue weighted by Crippen LogP contribution is 2.37. The van der Waals surface area contributed by atoms with Crippen molar-refractivity contribution in [1.82, 2.24) is 0 Å². The molecule has 25 heavy (non-hydrogen) atoms. The lowest BCUT2D eigenvalue weighted by atomic mass is 9.97. The van der Waals surface area contributed by atoms with Gasteiger partial charge in [0.05, 0.1) is 12.1 Å². The van der Waals surface area contributed by atoms with Crippen LogP contribution in [0.3, 0.4) is 0 Å². The summed E-state index contributed by atoms with van der Waals surface area (Å²) >= 11 is 12.7. The summed E-state index contributed by atoms with van der Waals surface area (Å²) in [5, 5.41) is 10.8. The molecule has 0 radical (unpaired) electrons. The maximum Gasteiger partial charge on any atom is 0.126 e. The summed E-state index contributed by atoms with van der Waals surface area (Å²) in [6.45, 7) is 1.78. The van der Waals surface area contributed by atoms with E-state index in [4.69, 9.17) is 27.9 Å². The lowest BCUT2D eigenvalue weighted by molar-refractivity contribution is 0.416. The first-order valence-corrected chi connectivity index (χ1v) is 8.65. The van der Waals surface area contributed by atoms with Crippen molar-refractivity contribution in [2.24, 2.45) is 0 Å². The Morgan fingerprint density at radius 1 is 1.00 bits per heavy atom. The molecule has 0 aliphatic carbocycles. The Morgan fingerprint density at radius 2 is 1.72 bits per heavy atom. The van der Waals surface area contributed by atoms with Crippen molar-refractivity contribution in [2.75, 3.05) is 7.11 Å². The van der Waals surface area contributed by atoms with Crippen LogP contribution < -0.4 is 4.74 Å².